The standard InChI is InChI=1S/C15H15N5O2S/c1-16-23(21,22)12-5-3-11(4-6-12)20-15-10(8-18-20)2-7-14-13(15)9-17-19-14/h3-6,8-9,16H,2,7H2,1H3,(H,17,19). The van der Waals surface area contributed by atoms with Gasteiger partial charge in [-0.25, -0.2) is 17.8 Å². The molecule has 1 aromatic carbocycles. The Balaban J connectivity index is 1.81. The molecule has 0 amide bonds. The van der Waals surface area contributed by atoms with Crippen LogP contribution in [0, 0.1) is 0 Å². The first-order valence-electron chi connectivity index (χ1n) is 7.23. The monoisotopic (exact) mass is 329 g/mol. The number of hydrogen-bond donors (Lipinski definition) is 2. The predicted octanol–water partition coefficient (Wildman–Crippen LogP) is 1.27. The smallest absolute Gasteiger partial charge is 0.240 e. The Labute approximate surface area is 133 Å². The topological polar surface area (TPSA) is 92.7 Å². The maximum atomic E-state index is 11.8. The molecule has 0 unspecified atom stereocenters. The predicted molar refractivity (Wildman–Crippen MR) is 84.8 cm³/mol. The highest BCUT2D eigenvalue weighted by molar-refractivity contribution is 7.89. The minimum Gasteiger partial charge on any atom is -0.282 e. The maximum absolute atomic E-state index is 11.8. The maximum Gasteiger partial charge on any atom is 0.240 e. The molecule has 0 saturated carbocycles. The third-order valence-electron chi connectivity index (χ3n) is 4.12. The molecule has 7 nitrogen and oxygen atoms in total. The summed E-state index contributed by atoms with van der Waals surface area (Å²) in [6.07, 6.45) is 5.51. The first-order chi connectivity index (χ1) is 11.1. The van der Waals surface area contributed by atoms with Gasteiger partial charge < -0.3 is 0 Å². The van der Waals surface area contributed by atoms with Crippen molar-refractivity contribution in [2.24, 2.45) is 0 Å². The number of hydrogen-bond acceptors (Lipinski definition) is 4. The fraction of sp³-hybridized carbons (Fsp3) is 0.200. The Morgan fingerprint density at radius 2 is 1.96 bits per heavy atom. The molecule has 118 valence electrons. The van der Waals surface area contributed by atoms with E-state index < -0.39 is 10.0 Å². The number of nitrogens with one attached hydrogen (secondary N) is 2. The molecule has 0 saturated heterocycles. The van der Waals surface area contributed by atoms with Crippen molar-refractivity contribution in [1.82, 2.24) is 24.7 Å². The van der Waals surface area contributed by atoms with Gasteiger partial charge in [0.1, 0.15) is 0 Å². The van der Waals surface area contributed by atoms with Crippen LogP contribution in [0.25, 0.3) is 16.9 Å². The lowest BCUT2D eigenvalue weighted by Crippen LogP contribution is -2.18. The number of sulfonamides is 1. The van der Waals surface area contributed by atoms with Crippen LogP contribution in [-0.4, -0.2) is 35.4 Å². The number of fused-ring (bicyclic) bond motifs is 3. The van der Waals surface area contributed by atoms with E-state index in [1.165, 1.54) is 12.6 Å². The summed E-state index contributed by atoms with van der Waals surface area (Å²) in [6.45, 7) is 0. The van der Waals surface area contributed by atoms with E-state index in [-0.39, 0.29) is 4.90 Å². The molecule has 3 aromatic rings. The molecule has 0 aliphatic heterocycles. The van der Waals surface area contributed by atoms with E-state index in [1.54, 1.807) is 24.3 Å². The van der Waals surface area contributed by atoms with E-state index in [4.69, 9.17) is 0 Å². The molecule has 1 aliphatic rings. The highest BCUT2D eigenvalue weighted by Crippen LogP contribution is 2.33. The second kappa shape index (κ2) is 5.04. The van der Waals surface area contributed by atoms with E-state index >= 15 is 0 Å². The minimum absolute atomic E-state index is 0.230. The molecular formula is C15H15N5O2S. The largest absolute Gasteiger partial charge is 0.282 e. The average Bonchev–Trinajstić information content (AvgIpc) is 3.20. The van der Waals surface area contributed by atoms with E-state index in [1.807, 2.05) is 17.1 Å². The van der Waals surface area contributed by atoms with Crippen LogP contribution in [-0.2, 0) is 22.9 Å². The van der Waals surface area contributed by atoms with Gasteiger partial charge in [0.05, 0.1) is 28.7 Å². The number of benzene rings is 1. The van der Waals surface area contributed by atoms with Crippen LogP contribution >= 0.6 is 0 Å². The SMILES string of the molecule is CNS(=O)(=O)c1ccc(-n2ncc3c2-c2cn[nH]c2CC3)cc1. The Morgan fingerprint density at radius 3 is 2.70 bits per heavy atom. The second-order valence-corrected chi connectivity index (χ2v) is 7.28. The first kappa shape index (κ1) is 14.2. The number of aromatic amines is 1. The summed E-state index contributed by atoms with van der Waals surface area (Å²) >= 11 is 0. The minimum atomic E-state index is -3.44. The Hall–Kier alpha value is -2.45. The van der Waals surface area contributed by atoms with Crippen molar-refractivity contribution >= 4 is 10.0 Å². The van der Waals surface area contributed by atoms with Gasteiger partial charge in [0.2, 0.25) is 10.0 Å². The van der Waals surface area contributed by atoms with Crippen molar-refractivity contribution in [1.29, 1.82) is 0 Å². The summed E-state index contributed by atoms with van der Waals surface area (Å²) in [6, 6.07) is 6.67. The van der Waals surface area contributed by atoms with Gasteiger partial charge in [-0.2, -0.15) is 10.2 Å². The van der Waals surface area contributed by atoms with Gasteiger partial charge in [-0.05, 0) is 49.7 Å². The third kappa shape index (κ3) is 2.18. The Morgan fingerprint density at radius 1 is 1.17 bits per heavy atom. The highest BCUT2D eigenvalue weighted by atomic mass is 32.2. The van der Waals surface area contributed by atoms with Crippen molar-refractivity contribution in [3.8, 4) is 16.9 Å². The van der Waals surface area contributed by atoms with Gasteiger partial charge in [0.15, 0.2) is 0 Å². The fourth-order valence-corrected chi connectivity index (χ4v) is 3.63. The number of aromatic nitrogens is 4. The van der Waals surface area contributed by atoms with Crippen LogP contribution in [0.2, 0.25) is 0 Å². The van der Waals surface area contributed by atoms with Crippen LogP contribution in [0.15, 0.2) is 41.6 Å². The summed E-state index contributed by atoms with van der Waals surface area (Å²) in [7, 11) is -2.04. The Kier molecular flexibility index (Phi) is 3.10. The van der Waals surface area contributed by atoms with E-state index in [0.29, 0.717) is 0 Å². The van der Waals surface area contributed by atoms with Gasteiger partial charge >= 0.3 is 0 Å². The van der Waals surface area contributed by atoms with Crippen LogP contribution in [0.1, 0.15) is 11.3 Å². The summed E-state index contributed by atoms with van der Waals surface area (Å²) in [5, 5.41) is 11.6. The quantitative estimate of drug-likeness (QED) is 0.757. The van der Waals surface area contributed by atoms with Crippen molar-refractivity contribution in [3.05, 3.63) is 47.9 Å². The lowest BCUT2D eigenvalue weighted by atomic mass is 9.96. The van der Waals surface area contributed by atoms with Crippen molar-refractivity contribution in [3.63, 3.8) is 0 Å². The van der Waals surface area contributed by atoms with Crippen molar-refractivity contribution in [2.75, 3.05) is 7.05 Å². The van der Waals surface area contributed by atoms with Crippen molar-refractivity contribution < 1.29 is 8.42 Å². The van der Waals surface area contributed by atoms with Crippen molar-refractivity contribution in [2.45, 2.75) is 17.7 Å². The lowest BCUT2D eigenvalue weighted by molar-refractivity contribution is 0.588. The van der Waals surface area contributed by atoms with E-state index in [9.17, 15) is 8.42 Å². The van der Waals surface area contributed by atoms with Crippen LogP contribution in [0.4, 0.5) is 0 Å². The number of rotatable bonds is 3. The first-order valence-corrected chi connectivity index (χ1v) is 8.72. The van der Waals surface area contributed by atoms with E-state index in [2.05, 4.69) is 20.0 Å². The molecule has 4 rings (SSSR count). The normalized spacial score (nSPS) is 13.6. The molecule has 1 aliphatic carbocycles. The molecule has 2 heterocycles. The van der Waals surface area contributed by atoms with Gasteiger partial charge in [-0.15, -0.1) is 0 Å². The molecule has 8 heteroatoms. The summed E-state index contributed by atoms with van der Waals surface area (Å²) in [4.78, 5) is 0.230. The third-order valence-corrected chi connectivity index (χ3v) is 5.55. The van der Waals surface area contributed by atoms with E-state index in [0.717, 1.165) is 35.5 Å². The highest BCUT2D eigenvalue weighted by Gasteiger charge is 2.23. The van der Waals surface area contributed by atoms with Gasteiger partial charge in [0, 0.05) is 11.3 Å². The molecule has 0 bridgehead atoms. The molecule has 23 heavy (non-hydrogen) atoms. The zero-order valence-electron chi connectivity index (χ0n) is 12.4. The summed E-state index contributed by atoms with van der Waals surface area (Å²) in [5.41, 5.74) is 5.16. The average molecular weight is 329 g/mol. The Bertz CT molecular complexity index is 970. The fourth-order valence-electron chi connectivity index (χ4n) is 2.90. The van der Waals surface area contributed by atoms with Crippen LogP contribution in [0.3, 0.4) is 0 Å². The number of nitrogens with zero attached hydrogens (tertiary/aromatic N) is 3. The lowest BCUT2D eigenvalue weighted by Gasteiger charge is -2.14. The van der Waals surface area contributed by atoms with Gasteiger partial charge in [0.25, 0.3) is 0 Å². The number of H-pyrrole nitrogens is 1. The number of aryl methyl sites for hydroxylation is 2. The van der Waals surface area contributed by atoms with Crippen LogP contribution in [0.5, 0.6) is 0 Å². The molecular weight excluding hydrogens is 314 g/mol. The summed E-state index contributed by atoms with van der Waals surface area (Å²) in [5.74, 6) is 0. The molecule has 2 aromatic heterocycles. The van der Waals surface area contributed by atoms with Gasteiger partial charge in [-0.1, -0.05) is 0 Å². The second-order valence-electron chi connectivity index (χ2n) is 5.39. The molecule has 2 N–H and O–H groups in total. The van der Waals surface area contributed by atoms with Crippen LogP contribution < -0.4 is 4.72 Å². The molecule has 0 atom stereocenters. The summed E-state index contributed by atoms with van der Waals surface area (Å²) < 4.78 is 27.8. The molecule has 0 spiro atoms. The molecule has 0 fully saturated rings. The zero-order valence-corrected chi connectivity index (χ0v) is 13.3. The molecule has 0 radical (unpaired) electrons. The zero-order chi connectivity index (χ0) is 16.0. The van der Waals surface area contributed by atoms with Gasteiger partial charge in [-0.3, -0.25) is 5.10 Å².